The van der Waals surface area contributed by atoms with E-state index in [1.807, 2.05) is 6.92 Å². The van der Waals surface area contributed by atoms with E-state index in [2.05, 4.69) is 43.4 Å². The monoisotopic (exact) mass is 275 g/mol. The first kappa shape index (κ1) is 15.4. The van der Waals surface area contributed by atoms with Crippen LogP contribution in [0, 0.1) is 11.8 Å². The van der Waals surface area contributed by atoms with Crippen LogP contribution in [-0.4, -0.2) is 13.2 Å². The molecule has 1 N–H and O–H groups in total. The molecule has 1 saturated carbocycles. The summed E-state index contributed by atoms with van der Waals surface area (Å²) in [5.74, 6) is 2.70. The first-order valence-corrected chi connectivity index (χ1v) is 8.24. The summed E-state index contributed by atoms with van der Waals surface area (Å²) in [7, 11) is 0. The Morgan fingerprint density at radius 1 is 1.25 bits per heavy atom. The lowest BCUT2D eigenvalue weighted by molar-refractivity contribution is 0.334. The molecule has 0 aliphatic heterocycles. The van der Waals surface area contributed by atoms with Gasteiger partial charge in [-0.2, -0.15) is 0 Å². The Kier molecular flexibility index (Phi) is 5.90. The molecule has 2 nitrogen and oxygen atoms in total. The van der Waals surface area contributed by atoms with Gasteiger partial charge in [0.25, 0.3) is 0 Å². The van der Waals surface area contributed by atoms with Crippen LogP contribution in [0.2, 0.25) is 0 Å². The molecule has 20 heavy (non-hydrogen) atoms. The van der Waals surface area contributed by atoms with Crippen LogP contribution in [0.5, 0.6) is 5.75 Å². The summed E-state index contributed by atoms with van der Waals surface area (Å²) >= 11 is 0. The lowest BCUT2D eigenvalue weighted by Crippen LogP contribution is -2.27. The molecule has 3 atom stereocenters. The molecule has 1 aromatic rings. The second-order valence-electron chi connectivity index (χ2n) is 5.89. The summed E-state index contributed by atoms with van der Waals surface area (Å²) in [5.41, 5.74) is 1.39. The minimum Gasteiger partial charge on any atom is -0.494 e. The normalized spacial score (nSPS) is 23.8. The van der Waals surface area contributed by atoms with E-state index in [4.69, 9.17) is 4.74 Å². The number of ether oxygens (including phenoxy) is 1. The van der Waals surface area contributed by atoms with Crippen molar-refractivity contribution in [2.75, 3.05) is 13.2 Å². The van der Waals surface area contributed by atoms with E-state index in [1.54, 1.807) is 0 Å². The van der Waals surface area contributed by atoms with E-state index in [0.29, 0.717) is 6.04 Å². The molecule has 1 fully saturated rings. The topological polar surface area (TPSA) is 21.3 Å². The second-order valence-corrected chi connectivity index (χ2v) is 5.89. The largest absolute Gasteiger partial charge is 0.494 e. The fraction of sp³-hybridized carbons (Fsp3) is 0.667. The van der Waals surface area contributed by atoms with Gasteiger partial charge in [0.15, 0.2) is 0 Å². The molecule has 2 heteroatoms. The Balaban J connectivity index is 2.13. The minimum absolute atomic E-state index is 0.483. The third-order valence-corrected chi connectivity index (χ3v) is 4.58. The highest BCUT2D eigenvalue weighted by molar-refractivity contribution is 5.31. The Morgan fingerprint density at radius 3 is 2.75 bits per heavy atom. The van der Waals surface area contributed by atoms with Crippen LogP contribution < -0.4 is 10.1 Å². The van der Waals surface area contributed by atoms with E-state index in [-0.39, 0.29) is 0 Å². The maximum atomic E-state index is 5.65. The Labute approximate surface area is 123 Å². The molecule has 2 rings (SSSR count). The van der Waals surface area contributed by atoms with E-state index in [1.165, 1.54) is 31.2 Å². The summed E-state index contributed by atoms with van der Waals surface area (Å²) in [6.07, 6.45) is 5.45. The molecule has 0 aromatic heterocycles. The summed E-state index contributed by atoms with van der Waals surface area (Å²) in [6, 6.07) is 9.12. The zero-order chi connectivity index (χ0) is 14.4. The smallest absolute Gasteiger partial charge is 0.119 e. The van der Waals surface area contributed by atoms with Crippen LogP contribution in [0.1, 0.15) is 58.1 Å². The number of hydrogen-bond donors (Lipinski definition) is 1. The van der Waals surface area contributed by atoms with Crippen molar-refractivity contribution in [2.24, 2.45) is 11.8 Å². The molecule has 1 aliphatic carbocycles. The van der Waals surface area contributed by atoms with Crippen LogP contribution in [-0.2, 0) is 0 Å². The van der Waals surface area contributed by atoms with Crippen molar-refractivity contribution < 1.29 is 4.74 Å². The molecule has 3 unspecified atom stereocenters. The maximum absolute atomic E-state index is 5.65. The highest BCUT2D eigenvalue weighted by atomic mass is 16.5. The molecule has 0 spiro atoms. The molecule has 0 heterocycles. The summed E-state index contributed by atoms with van der Waals surface area (Å²) < 4.78 is 5.65. The lowest BCUT2D eigenvalue weighted by Gasteiger charge is -2.25. The van der Waals surface area contributed by atoms with Gasteiger partial charge in [0, 0.05) is 6.04 Å². The van der Waals surface area contributed by atoms with Gasteiger partial charge < -0.3 is 10.1 Å². The van der Waals surface area contributed by atoms with E-state index >= 15 is 0 Å². The molecular formula is C18H29NO. The third kappa shape index (κ3) is 3.76. The Bertz CT molecular complexity index is 404. The van der Waals surface area contributed by atoms with E-state index in [9.17, 15) is 0 Å². The van der Waals surface area contributed by atoms with Crippen LogP contribution in [0.25, 0.3) is 0 Å². The molecule has 1 aliphatic rings. The van der Waals surface area contributed by atoms with E-state index in [0.717, 1.165) is 30.7 Å². The summed E-state index contributed by atoms with van der Waals surface area (Å²) in [4.78, 5) is 0. The van der Waals surface area contributed by atoms with Crippen molar-refractivity contribution >= 4 is 0 Å². The van der Waals surface area contributed by atoms with Gasteiger partial charge in [-0.05, 0) is 55.8 Å². The average Bonchev–Trinajstić information content (AvgIpc) is 2.94. The fourth-order valence-corrected chi connectivity index (χ4v) is 3.53. The van der Waals surface area contributed by atoms with Crippen molar-refractivity contribution in [2.45, 2.75) is 52.5 Å². The van der Waals surface area contributed by atoms with Gasteiger partial charge in [0.1, 0.15) is 5.75 Å². The predicted octanol–water partition coefficient (Wildman–Crippen LogP) is 4.56. The minimum atomic E-state index is 0.483. The number of nitrogens with one attached hydrogen (secondary N) is 1. The zero-order valence-electron chi connectivity index (χ0n) is 13.2. The second kappa shape index (κ2) is 7.68. The third-order valence-electron chi connectivity index (χ3n) is 4.58. The average molecular weight is 275 g/mol. The standard InChI is InChI=1S/C18H29NO/c1-4-14-10-11-16(12-14)18(19-5-2)15-8-7-9-17(13-15)20-6-3/h7-9,13-14,16,18-19H,4-6,10-12H2,1-3H3. The van der Waals surface area contributed by atoms with Crippen molar-refractivity contribution in [3.63, 3.8) is 0 Å². The molecule has 0 amide bonds. The first-order chi connectivity index (χ1) is 9.78. The fourth-order valence-electron chi connectivity index (χ4n) is 3.53. The highest BCUT2D eigenvalue weighted by Crippen LogP contribution is 2.40. The number of benzene rings is 1. The summed E-state index contributed by atoms with van der Waals surface area (Å²) in [5, 5.41) is 3.70. The molecule has 0 radical (unpaired) electrons. The Hall–Kier alpha value is -1.02. The molecule has 0 bridgehead atoms. The van der Waals surface area contributed by atoms with Crippen molar-refractivity contribution in [1.29, 1.82) is 0 Å². The molecule has 112 valence electrons. The molecule has 0 saturated heterocycles. The predicted molar refractivity (Wildman–Crippen MR) is 85.2 cm³/mol. The SMILES string of the molecule is CCNC(c1cccc(OCC)c1)C1CCC(CC)C1. The van der Waals surface area contributed by atoms with Gasteiger partial charge in [0.2, 0.25) is 0 Å². The maximum Gasteiger partial charge on any atom is 0.119 e. The van der Waals surface area contributed by atoms with Crippen LogP contribution in [0.4, 0.5) is 0 Å². The van der Waals surface area contributed by atoms with Gasteiger partial charge in [-0.3, -0.25) is 0 Å². The van der Waals surface area contributed by atoms with Gasteiger partial charge in [-0.1, -0.05) is 38.8 Å². The quantitative estimate of drug-likeness (QED) is 0.787. The highest BCUT2D eigenvalue weighted by Gasteiger charge is 2.30. The van der Waals surface area contributed by atoms with Crippen molar-refractivity contribution in [1.82, 2.24) is 5.32 Å². The molecule has 1 aromatic carbocycles. The zero-order valence-corrected chi connectivity index (χ0v) is 13.2. The van der Waals surface area contributed by atoms with Gasteiger partial charge in [-0.15, -0.1) is 0 Å². The first-order valence-electron chi connectivity index (χ1n) is 8.24. The van der Waals surface area contributed by atoms with Crippen molar-refractivity contribution in [3.8, 4) is 5.75 Å². The molecular weight excluding hydrogens is 246 g/mol. The summed E-state index contributed by atoms with van der Waals surface area (Å²) in [6.45, 7) is 8.32. The lowest BCUT2D eigenvalue weighted by atomic mass is 9.90. The van der Waals surface area contributed by atoms with Crippen molar-refractivity contribution in [3.05, 3.63) is 29.8 Å². The van der Waals surface area contributed by atoms with Crippen LogP contribution >= 0.6 is 0 Å². The van der Waals surface area contributed by atoms with E-state index < -0.39 is 0 Å². The van der Waals surface area contributed by atoms with Crippen LogP contribution in [0.15, 0.2) is 24.3 Å². The number of hydrogen-bond acceptors (Lipinski definition) is 2. The number of rotatable bonds is 7. The van der Waals surface area contributed by atoms with Gasteiger partial charge in [-0.25, -0.2) is 0 Å². The van der Waals surface area contributed by atoms with Gasteiger partial charge >= 0.3 is 0 Å². The van der Waals surface area contributed by atoms with Gasteiger partial charge in [0.05, 0.1) is 6.61 Å². The Morgan fingerprint density at radius 2 is 2.10 bits per heavy atom. The van der Waals surface area contributed by atoms with Crippen LogP contribution in [0.3, 0.4) is 0 Å².